The second-order valence-electron chi connectivity index (χ2n) is 4.93. The van der Waals surface area contributed by atoms with Crippen LogP contribution in [0.3, 0.4) is 0 Å². The van der Waals surface area contributed by atoms with Gasteiger partial charge in [-0.25, -0.2) is 12.7 Å². The smallest absolute Gasteiger partial charge is 0.214 e. The molecule has 1 fully saturated rings. The zero-order valence-electron chi connectivity index (χ0n) is 11.7. The highest BCUT2D eigenvalue weighted by atomic mass is 32.2. The molecule has 0 aromatic carbocycles. The molecule has 0 amide bonds. The lowest BCUT2D eigenvalue weighted by Crippen LogP contribution is -2.36. The average Bonchev–Trinajstić information content (AvgIpc) is 2.54. The van der Waals surface area contributed by atoms with Crippen LogP contribution in [0.1, 0.15) is 26.2 Å². The molecule has 1 heterocycles. The van der Waals surface area contributed by atoms with Crippen molar-refractivity contribution in [1.29, 1.82) is 0 Å². The molecule has 1 aliphatic heterocycles. The van der Waals surface area contributed by atoms with E-state index in [-0.39, 0.29) is 0 Å². The van der Waals surface area contributed by atoms with Crippen molar-refractivity contribution in [3.63, 3.8) is 0 Å². The summed E-state index contributed by atoms with van der Waals surface area (Å²) >= 11 is 0. The van der Waals surface area contributed by atoms with Gasteiger partial charge in [-0.1, -0.05) is 6.92 Å². The van der Waals surface area contributed by atoms with Crippen molar-refractivity contribution >= 4 is 10.0 Å². The van der Waals surface area contributed by atoms with Crippen molar-refractivity contribution in [2.24, 2.45) is 0 Å². The van der Waals surface area contributed by atoms with Gasteiger partial charge in [-0.05, 0) is 45.9 Å². The second-order valence-corrected chi connectivity index (χ2v) is 7.02. The molecular formula is C12H27N3O2S. The molecule has 0 spiro atoms. The van der Waals surface area contributed by atoms with Gasteiger partial charge in [-0.3, -0.25) is 0 Å². The maximum Gasteiger partial charge on any atom is 0.214 e. The predicted octanol–water partition coefficient (Wildman–Crippen LogP) is 0.343. The zero-order valence-corrected chi connectivity index (χ0v) is 12.5. The van der Waals surface area contributed by atoms with Crippen molar-refractivity contribution in [1.82, 2.24) is 14.5 Å². The van der Waals surface area contributed by atoms with Crippen LogP contribution in [0.5, 0.6) is 0 Å². The van der Waals surface area contributed by atoms with Gasteiger partial charge in [0.15, 0.2) is 0 Å². The minimum absolute atomic E-state index is 0.294. The lowest BCUT2D eigenvalue weighted by molar-refractivity contribution is 0.347. The number of unbranched alkanes of at least 4 members (excludes halogenated alkanes) is 1. The first-order valence-corrected chi connectivity index (χ1v) is 8.54. The molecule has 0 radical (unpaired) electrons. The highest BCUT2D eigenvalue weighted by Gasteiger charge is 2.23. The van der Waals surface area contributed by atoms with Crippen molar-refractivity contribution in [3.8, 4) is 0 Å². The Morgan fingerprint density at radius 3 is 2.61 bits per heavy atom. The van der Waals surface area contributed by atoms with Crippen molar-refractivity contribution < 1.29 is 8.42 Å². The van der Waals surface area contributed by atoms with Crippen LogP contribution in [-0.2, 0) is 10.0 Å². The van der Waals surface area contributed by atoms with E-state index < -0.39 is 10.0 Å². The van der Waals surface area contributed by atoms with E-state index in [1.54, 1.807) is 4.31 Å². The van der Waals surface area contributed by atoms with Gasteiger partial charge in [0.25, 0.3) is 0 Å². The summed E-state index contributed by atoms with van der Waals surface area (Å²) in [5.74, 6) is 0.294. The number of nitrogens with zero attached hydrogens (tertiary/aromatic N) is 2. The molecule has 0 unspecified atom stereocenters. The number of hydrogen-bond donors (Lipinski definition) is 1. The van der Waals surface area contributed by atoms with E-state index in [4.69, 9.17) is 0 Å². The number of likely N-dealkylation sites (N-methyl/N-ethyl adjacent to an activating group) is 1. The van der Waals surface area contributed by atoms with Crippen LogP contribution in [0.25, 0.3) is 0 Å². The molecule has 0 atom stereocenters. The highest BCUT2D eigenvalue weighted by Crippen LogP contribution is 2.09. The average molecular weight is 277 g/mol. The fourth-order valence-electron chi connectivity index (χ4n) is 2.14. The molecule has 0 aromatic heterocycles. The summed E-state index contributed by atoms with van der Waals surface area (Å²) in [7, 11) is -0.990. The molecule has 1 rings (SSSR count). The Balaban J connectivity index is 2.33. The summed E-state index contributed by atoms with van der Waals surface area (Å²) < 4.78 is 26.0. The lowest BCUT2D eigenvalue weighted by Gasteiger charge is -2.20. The minimum atomic E-state index is -3.04. The Labute approximate surface area is 112 Å². The topological polar surface area (TPSA) is 52.7 Å². The quantitative estimate of drug-likeness (QED) is 0.682. The normalized spacial score (nSPS) is 19.9. The Bertz CT molecular complexity index is 319. The first-order chi connectivity index (χ1) is 8.56. The van der Waals surface area contributed by atoms with Gasteiger partial charge in [0.05, 0.1) is 5.75 Å². The second kappa shape index (κ2) is 8.09. The van der Waals surface area contributed by atoms with E-state index >= 15 is 0 Å². The molecule has 5 nitrogen and oxygen atoms in total. The highest BCUT2D eigenvalue weighted by molar-refractivity contribution is 7.89. The minimum Gasteiger partial charge on any atom is -0.317 e. The molecule has 0 saturated carbocycles. The summed E-state index contributed by atoms with van der Waals surface area (Å²) in [6.07, 6.45) is 2.62. The number of rotatable bonds is 7. The van der Waals surface area contributed by atoms with E-state index in [9.17, 15) is 8.42 Å². The molecule has 1 N–H and O–H groups in total. The standard InChI is InChI=1S/C12H27N3O2S/c1-3-13-7-4-5-12-18(16,17)15-9-6-8-14(2)10-11-15/h13H,3-12H2,1-2H3. The van der Waals surface area contributed by atoms with Gasteiger partial charge in [0.2, 0.25) is 10.0 Å². The van der Waals surface area contributed by atoms with Crippen molar-refractivity contribution in [2.75, 3.05) is 52.1 Å². The molecule has 0 aromatic rings. The van der Waals surface area contributed by atoms with Crippen LogP contribution < -0.4 is 5.32 Å². The molecule has 0 aliphatic carbocycles. The van der Waals surface area contributed by atoms with Gasteiger partial charge in [0, 0.05) is 19.6 Å². The molecular weight excluding hydrogens is 250 g/mol. The van der Waals surface area contributed by atoms with E-state index in [1.165, 1.54) is 0 Å². The molecule has 18 heavy (non-hydrogen) atoms. The molecule has 108 valence electrons. The Morgan fingerprint density at radius 2 is 1.89 bits per heavy atom. The monoisotopic (exact) mass is 277 g/mol. The number of sulfonamides is 1. The van der Waals surface area contributed by atoms with Gasteiger partial charge in [-0.2, -0.15) is 0 Å². The summed E-state index contributed by atoms with van der Waals surface area (Å²) in [4.78, 5) is 2.20. The Kier molecular flexibility index (Phi) is 7.14. The zero-order chi connectivity index (χ0) is 13.4. The molecule has 1 saturated heterocycles. The van der Waals surface area contributed by atoms with E-state index in [0.717, 1.165) is 45.4 Å². The summed E-state index contributed by atoms with van der Waals surface area (Å²) in [5, 5.41) is 3.21. The van der Waals surface area contributed by atoms with Gasteiger partial charge in [-0.15, -0.1) is 0 Å². The number of hydrogen-bond acceptors (Lipinski definition) is 4. The van der Waals surface area contributed by atoms with Crippen LogP contribution in [0.15, 0.2) is 0 Å². The van der Waals surface area contributed by atoms with E-state index in [0.29, 0.717) is 18.8 Å². The molecule has 6 heteroatoms. The van der Waals surface area contributed by atoms with Crippen molar-refractivity contribution in [3.05, 3.63) is 0 Å². The van der Waals surface area contributed by atoms with E-state index in [2.05, 4.69) is 17.1 Å². The van der Waals surface area contributed by atoms with Gasteiger partial charge in [0.1, 0.15) is 0 Å². The third kappa shape index (κ3) is 5.65. The first-order valence-electron chi connectivity index (χ1n) is 6.93. The van der Waals surface area contributed by atoms with E-state index in [1.807, 2.05) is 7.05 Å². The van der Waals surface area contributed by atoms with Crippen LogP contribution in [0.4, 0.5) is 0 Å². The van der Waals surface area contributed by atoms with Gasteiger partial charge >= 0.3 is 0 Å². The van der Waals surface area contributed by atoms with Crippen LogP contribution in [0, 0.1) is 0 Å². The SMILES string of the molecule is CCNCCCCS(=O)(=O)N1CCCN(C)CC1. The Hall–Kier alpha value is -0.170. The molecule has 1 aliphatic rings. The predicted molar refractivity (Wildman–Crippen MR) is 75.3 cm³/mol. The lowest BCUT2D eigenvalue weighted by atomic mass is 10.3. The number of nitrogens with one attached hydrogen (secondary N) is 1. The maximum atomic E-state index is 12.2. The first kappa shape index (κ1) is 15.9. The summed E-state index contributed by atoms with van der Waals surface area (Å²) in [5.41, 5.74) is 0. The summed E-state index contributed by atoms with van der Waals surface area (Å²) in [6.45, 7) is 7.08. The Morgan fingerprint density at radius 1 is 1.11 bits per heavy atom. The van der Waals surface area contributed by atoms with Crippen LogP contribution in [0.2, 0.25) is 0 Å². The summed E-state index contributed by atoms with van der Waals surface area (Å²) in [6, 6.07) is 0. The third-order valence-corrected chi connectivity index (χ3v) is 5.28. The fraction of sp³-hybridized carbons (Fsp3) is 1.00. The largest absolute Gasteiger partial charge is 0.317 e. The fourth-order valence-corrected chi connectivity index (χ4v) is 3.74. The maximum absolute atomic E-state index is 12.2. The third-order valence-electron chi connectivity index (χ3n) is 3.33. The van der Waals surface area contributed by atoms with Crippen LogP contribution >= 0.6 is 0 Å². The molecule has 0 bridgehead atoms. The van der Waals surface area contributed by atoms with Crippen molar-refractivity contribution in [2.45, 2.75) is 26.2 Å². The van der Waals surface area contributed by atoms with Crippen LogP contribution in [-0.4, -0.2) is 69.7 Å². The van der Waals surface area contributed by atoms with Gasteiger partial charge < -0.3 is 10.2 Å².